The lowest BCUT2D eigenvalue weighted by atomic mass is 10.1. The highest BCUT2D eigenvalue weighted by Gasteiger charge is 2.31. The van der Waals surface area contributed by atoms with Gasteiger partial charge in [-0.15, -0.1) is 0 Å². The van der Waals surface area contributed by atoms with Gasteiger partial charge in [-0.1, -0.05) is 0 Å². The van der Waals surface area contributed by atoms with E-state index in [9.17, 15) is 28.8 Å². The van der Waals surface area contributed by atoms with E-state index in [0.29, 0.717) is 6.42 Å². The summed E-state index contributed by atoms with van der Waals surface area (Å²) in [5.74, 6) is -6.38. The van der Waals surface area contributed by atoms with E-state index in [1.54, 1.807) is 0 Å². The van der Waals surface area contributed by atoms with Crippen molar-refractivity contribution < 1.29 is 39.0 Å². The molecule has 0 rings (SSSR count). The largest absolute Gasteiger partial charge is 0.480 e. The molecule has 0 radical (unpaired) electrons. The summed E-state index contributed by atoms with van der Waals surface area (Å²) in [5, 5.41) is 24.5. The van der Waals surface area contributed by atoms with Gasteiger partial charge in [0.15, 0.2) is 5.96 Å². The molecule has 0 aliphatic carbocycles. The van der Waals surface area contributed by atoms with E-state index in [1.165, 1.54) is 0 Å². The SMILES string of the molecule is NC(=O)CCC(NC(=O)C(N)CCCN=C(N)N)C(=O)NC(CC(N)=O)C(=O)NC(CO)C(=O)O. The highest BCUT2D eigenvalue weighted by molar-refractivity contribution is 5.96. The molecule has 0 aliphatic heterocycles. The van der Waals surface area contributed by atoms with E-state index in [4.69, 9.17) is 38.9 Å². The van der Waals surface area contributed by atoms with Crippen LogP contribution >= 0.6 is 0 Å². The number of aliphatic imine (C=N–C) groups is 1. The van der Waals surface area contributed by atoms with Crippen molar-refractivity contribution in [1.82, 2.24) is 16.0 Å². The number of hydrogen-bond donors (Lipinski definition) is 10. The van der Waals surface area contributed by atoms with Gasteiger partial charge in [0, 0.05) is 13.0 Å². The van der Waals surface area contributed by atoms with Crippen molar-refractivity contribution in [3.8, 4) is 0 Å². The maximum absolute atomic E-state index is 12.8. The lowest BCUT2D eigenvalue weighted by Crippen LogP contribution is -2.58. The molecule has 4 unspecified atom stereocenters. The van der Waals surface area contributed by atoms with Crippen molar-refractivity contribution in [1.29, 1.82) is 0 Å². The van der Waals surface area contributed by atoms with Gasteiger partial charge < -0.3 is 54.8 Å². The average Bonchev–Trinajstić information content (AvgIpc) is 2.75. The number of amides is 5. The Labute approximate surface area is 200 Å². The molecule has 5 amide bonds. The second-order valence-electron chi connectivity index (χ2n) is 7.44. The van der Waals surface area contributed by atoms with Crippen molar-refractivity contribution in [3.05, 3.63) is 0 Å². The molecule has 15 N–H and O–H groups in total. The van der Waals surface area contributed by atoms with Crippen LogP contribution in [0.25, 0.3) is 0 Å². The maximum atomic E-state index is 12.8. The summed E-state index contributed by atoms with van der Waals surface area (Å²) in [5.41, 5.74) is 26.4. The molecule has 35 heavy (non-hydrogen) atoms. The first-order valence-corrected chi connectivity index (χ1v) is 10.4. The van der Waals surface area contributed by atoms with Gasteiger partial charge in [-0.3, -0.25) is 29.0 Å². The molecule has 4 atom stereocenters. The van der Waals surface area contributed by atoms with Crippen LogP contribution in [0, 0.1) is 0 Å². The fourth-order valence-electron chi connectivity index (χ4n) is 2.63. The van der Waals surface area contributed by atoms with Crippen LogP contribution in [0.5, 0.6) is 0 Å². The summed E-state index contributed by atoms with van der Waals surface area (Å²) in [4.78, 5) is 74.9. The van der Waals surface area contributed by atoms with Gasteiger partial charge in [-0.2, -0.15) is 0 Å². The van der Waals surface area contributed by atoms with Gasteiger partial charge in [0.05, 0.1) is 19.1 Å². The number of carbonyl (C=O) groups is 6. The van der Waals surface area contributed by atoms with Gasteiger partial charge in [0.2, 0.25) is 29.5 Å². The third-order valence-corrected chi connectivity index (χ3v) is 4.45. The number of carboxylic acids is 1. The monoisotopic (exact) mass is 503 g/mol. The Balaban J connectivity index is 5.41. The van der Waals surface area contributed by atoms with Gasteiger partial charge in [0.1, 0.15) is 18.1 Å². The second kappa shape index (κ2) is 15.8. The Kier molecular flexibility index (Phi) is 14.0. The van der Waals surface area contributed by atoms with Crippen molar-refractivity contribution in [2.24, 2.45) is 33.7 Å². The number of nitrogens with two attached hydrogens (primary N) is 5. The van der Waals surface area contributed by atoms with E-state index >= 15 is 0 Å². The van der Waals surface area contributed by atoms with Gasteiger partial charge in [-0.05, 0) is 19.3 Å². The van der Waals surface area contributed by atoms with Crippen LogP contribution in [-0.4, -0.2) is 89.0 Å². The van der Waals surface area contributed by atoms with Crippen LogP contribution < -0.4 is 44.6 Å². The minimum atomic E-state index is -1.71. The first kappa shape index (κ1) is 31.0. The molecular weight excluding hydrogens is 470 g/mol. The highest BCUT2D eigenvalue weighted by Crippen LogP contribution is 2.03. The molecule has 0 heterocycles. The predicted octanol–water partition coefficient (Wildman–Crippen LogP) is -5.96. The Bertz CT molecular complexity index is 816. The summed E-state index contributed by atoms with van der Waals surface area (Å²) >= 11 is 0. The van der Waals surface area contributed by atoms with E-state index in [0.717, 1.165) is 0 Å². The van der Waals surface area contributed by atoms with E-state index < -0.39 is 72.7 Å². The van der Waals surface area contributed by atoms with Crippen molar-refractivity contribution in [2.45, 2.75) is 56.3 Å². The number of aliphatic hydroxyl groups excluding tert-OH is 1. The third-order valence-electron chi connectivity index (χ3n) is 4.45. The summed E-state index contributed by atoms with van der Waals surface area (Å²) in [7, 11) is 0. The van der Waals surface area contributed by atoms with E-state index in [-0.39, 0.29) is 31.8 Å². The minimum Gasteiger partial charge on any atom is -0.480 e. The topological polar surface area (TPSA) is 321 Å². The summed E-state index contributed by atoms with van der Waals surface area (Å²) in [6, 6.07) is -5.82. The van der Waals surface area contributed by atoms with Crippen LogP contribution in [-0.2, 0) is 28.8 Å². The molecule has 17 nitrogen and oxygen atoms in total. The Morgan fingerprint density at radius 2 is 1.31 bits per heavy atom. The van der Waals surface area contributed by atoms with E-state index in [2.05, 4.69) is 15.6 Å². The predicted molar refractivity (Wildman–Crippen MR) is 121 cm³/mol. The molecule has 0 aromatic rings. The first-order chi connectivity index (χ1) is 16.3. The van der Waals surface area contributed by atoms with Crippen LogP contribution in [0.1, 0.15) is 32.1 Å². The third kappa shape index (κ3) is 13.3. The van der Waals surface area contributed by atoms with Crippen molar-refractivity contribution >= 4 is 41.5 Å². The number of nitrogens with one attached hydrogen (secondary N) is 3. The van der Waals surface area contributed by atoms with Crippen LogP contribution in [0.15, 0.2) is 4.99 Å². The Hall–Kier alpha value is -3.99. The lowest BCUT2D eigenvalue weighted by molar-refractivity contribution is -0.143. The summed E-state index contributed by atoms with van der Waals surface area (Å²) in [6.45, 7) is -0.749. The second-order valence-corrected chi connectivity index (χ2v) is 7.44. The summed E-state index contributed by atoms with van der Waals surface area (Å²) in [6.07, 6.45) is -0.822. The number of rotatable bonds is 17. The fraction of sp³-hybridized carbons (Fsp3) is 0.611. The zero-order valence-electron chi connectivity index (χ0n) is 18.9. The average molecular weight is 504 g/mol. The highest BCUT2D eigenvalue weighted by atomic mass is 16.4. The minimum absolute atomic E-state index is 0.130. The molecule has 0 spiro atoms. The van der Waals surface area contributed by atoms with Crippen molar-refractivity contribution in [3.63, 3.8) is 0 Å². The maximum Gasteiger partial charge on any atom is 0.328 e. The smallest absolute Gasteiger partial charge is 0.328 e. The first-order valence-electron chi connectivity index (χ1n) is 10.4. The van der Waals surface area contributed by atoms with Crippen LogP contribution in [0.3, 0.4) is 0 Å². The molecule has 198 valence electrons. The zero-order valence-corrected chi connectivity index (χ0v) is 18.9. The number of primary amides is 2. The molecule has 0 aromatic carbocycles. The molecule has 17 heteroatoms. The normalized spacial score (nSPS) is 13.9. The summed E-state index contributed by atoms with van der Waals surface area (Å²) < 4.78 is 0. The fourth-order valence-corrected chi connectivity index (χ4v) is 2.63. The zero-order chi connectivity index (χ0) is 27.1. The lowest BCUT2D eigenvalue weighted by Gasteiger charge is -2.24. The Morgan fingerprint density at radius 3 is 1.80 bits per heavy atom. The number of aliphatic hydroxyl groups is 1. The van der Waals surface area contributed by atoms with Gasteiger partial charge >= 0.3 is 5.97 Å². The number of carboxylic acid groups (broad SMARTS) is 1. The number of guanidine groups is 1. The quantitative estimate of drug-likeness (QED) is 0.0505. The molecule has 0 bridgehead atoms. The standard InChI is InChI=1S/C18H33N9O8/c19-8(2-1-5-24-18(22)23)14(31)25-9(3-4-12(20)29)15(32)26-10(6-13(21)30)16(33)27-11(7-28)17(34)35/h8-11,28H,1-7,19H2,(H2,20,29)(H2,21,30)(H,25,31)(H,26,32)(H,27,33)(H,34,35)(H4,22,23,24). The van der Waals surface area contributed by atoms with Crippen LogP contribution in [0.2, 0.25) is 0 Å². The molecule has 0 aromatic heterocycles. The van der Waals surface area contributed by atoms with E-state index in [1.807, 2.05) is 5.32 Å². The number of aliphatic carboxylic acids is 1. The number of nitrogens with zero attached hydrogens (tertiary/aromatic N) is 1. The van der Waals surface area contributed by atoms with Crippen molar-refractivity contribution in [2.75, 3.05) is 13.2 Å². The Morgan fingerprint density at radius 1 is 0.771 bits per heavy atom. The van der Waals surface area contributed by atoms with Gasteiger partial charge in [0.25, 0.3) is 0 Å². The molecule has 0 fully saturated rings. The molecule has 0 aliphatic rings. The molecular formula is C18H33N9O8. The molecule has 0 saturated heterocycles. The van der Waals surface area contributed by atoms with Crippen LogP contribution in [0.4, 0.5) is 0 Å². The number of hydrogen-bond acceptors (Lipinski definition) is 9. The molecule has 0 saturated carbocycles. The van der Waals surface area contributed by atoms with Gasteiger partial charge in [-0.25, -0.2) is 4.79 Å². The number of carbonyl (C=O) groups excluding carboxylic acids is 5.